The summed E-state index contributed by atoms with van der Waals surface area (Å²) in [7, 11) is 1.49. The number of amides is 2. The van der Waals surface area contributed by atoms with Crippen LogP contribution in [0, 0.1) is 20.8 Å². The van der Waals surface area contributed by atoms with E-state index in [-0.39, 0.29) is 28.2 Å². The first kappa shape index (κ1) is 29.9. The number of phenolic OH excluding ortho intramolecular Hbond substituents is 1. The summed E-state index contributed by atoms with van der Waals surface area (Å²) >= 11 is 0. The predicted octanol–water partition coefficient (Wildman–Crippen LogP) is 4.88. The van der Waals surface area contributed by atoms with Crippen molar-refractivity contribution in [2.75, 3.05) is 30.4 Å². The molecule has 0 bridgehead atoms. The van der Waals surface area contributed by atoms with Crippen molar-refractivity contribution in [1.82, 2.24) is 5.01 Å². The number of carbonyl (C=O) groups is 3. The van der Waals surface area contributed by atoms with Gasteiger partial charge in [0.05, 0.1) is 28.1 Å². The van der Waals surface area contributed by atoms with Gasteiger partial charge in [-0.25, -0.2) is 5.01 Å². The zero-order valence-electron chi connectivity index (χ0n) is 25.9. The molecule has 2 aliphatic heterocycles. The van der Waals surface area contributed by atoms with Crippen LogP contribution < -0.4 is 15.0 Å². The second kappa shape index (κ2) is 10.6. The number of nitrogens with zero attached hydrogens (tertiary/aromatic N) is 3. The third-order valence-electron chi connectivity index (χ3n) is 9.00. The van der Waals surface area contributed by atoms with E-state index < -0.39 is 23.2 Å². The number of anilines is 2. The van der Waals surface area contributed by atoms with Crippen molar-refractivity contribution < 1.29 is 29.3 Å². The number of aliphatic hydroxyl groups excluding tert-OH is 1. The molecule has 0 fully saturated rings. The minimum Gasteiger partial charge on any atom is -0.507 e. The SMILES string of the molecule is CCN(CC)c1ccc(C2=C(O)C(=C3C(=O)N(C)N=C3C)C2=O)c(NC(=O)C2(C)CCc3c(C)c(O)c(C)c(C)c3O2)c1. The number of ketones is 1. The molecule has 2 heterocycles. The van der Waals surface area contributed by atoms with Gasteiger partial charge in [-0.2, -0.15) is 5.10 Å². The molecule has 3 N–H and O–H groups in total. The number of likely N-dealkylation sites (N-methyl/N-ethyl adjacent to an activating group) is 1. The van der Waals surface area contributed by atoms with E-state index in [4.69, 9.17) is 4.74 Å². The Labute approximate surface area is 251 Å². The number of nitrogens with one attached hydrogen (secondary N) is 1. The standard InChI is InChI=1S/C33H38N4O6/c1-9-37(10-2)20-11-12-22(25-28(39)26(29(25)40)24-19(6)35-36(8)31(24)41)23(15-20)34-32(42)33(7)14-13-21-18(5)27(38)16(3)17(4)30(21)43-33/h11-12,15,38-39H,9-10,13-14H2,1-8H3,(H,34,42). The number of phenols is 1. The fourth-order valence-electron chi connectivity index (χ4n) is 6.11. The summed E-state index contributed by atoms with van der Waals surface area (Å²) in [6, 6.07) is 5.34. The van der Waals surface area contributed by atoms with Gasteiger partial charge in [0.25, 0.3) is 11.8 Å². The number of ether oxygens (including phenoxy) is 1. The predicted molar refractivity (Wildman–Crippen MR) is 166 cm³/mol. The zero-order valence-corrected chi connectivity index (χ0v) is 25.9. The Balaban J connectivity index is 1.56. The smallest absolute Gasteiger partial charge is 0.276 e. The highest BCUT2D eigenvalue weighted by Gasteiger charge is 2.44. The number of rotatable bonds is 6. The molecule has 5 rings (SSSR count). The van der Waals surface area contributed by atoms with Crippen LogP contribution in [-0.2, 0) is 20.8 Å². The lowest BCUT2D eigenvalue weighted by Gasteiger charge is -2.37. The summed E-state index contributed by atoms with van der Waals surface area (Å²) < 4.78 is 6.40. The van der Waals surface area contributed by atoms with Gasteiger partial charge in [0.1, 0.15) is 17.3 Å². The Morgan fingerprint density at radius 2 is 1.72 bits per heavy atom. The highest BCUT2D eigenvalue weighted by molar-refractivity contribution is 6.44. The fraction of sp³-hybridized carbons (Fsp3) is 0.394. The van der Waals surface area contributed by atoms with E-state index in [2.05, 4.69) is 15.3 Å². The van der Waals surface area contributed by atoms with Crippen LogP contribution in [0.1, 0.15) is 61.9 Å². The van der Waals surface area contributed by atoms with Gasteiger partial charge >= 0.3 is 0 Å². The van der Waals surface area contributed by atoms with Crippen LogP contribution in [0.25, 0.3) is 5.57 Å². The highest BCUT2D eigenvalue weighted by atomic mass is 16.5. The normalized spacial score (nSPS) is 21.4. The zero-order chi connectivity index (χ0) is 31.5. The lowest BCUT2D eigenvalue weighted by molar-refractivity contribution is -0.131. The summed E-state index contributed by atoms with van der Waals surface area (Å²) in [6.45, 7) is 14.4. The van der Waals surface area contributed by atoms with Crippen LogP contribution in [0.2, 0.25) is 0 Å². The van der Waals surface area contributed by atoms with Gasteiger partial charge in [-0.1, -0.05) is 0 Å². The molecule has 2 amide bonds. The molecule has 2 aromatic rings. The van der Waals surface area contributed by atoms with E-state index in [1.165, 1.54) is 7.05 Å². The van der Waals surface area contributed by atoms with Crippen LogP contribution in [0.4, 0.5) is 11.4 Å². The summed E-state index contributed by atoms with van der Waals surface area (Å²) in [4.78, 5) is 42.2. The number of allylic oxidation sites excluding steroid dienone is 2. The number of aromatic hydroxyl groups is 1. The maximum Gasteiger partial charge on any atom is 0.276 e. The Morgan fingerprint density at radius 1 is 1.05 bits per heavy atom. The van der Waals surface area contributed by atoms with Gasteiger partial charge in [-0.05, 0) is 89.8 Å². The number of carbonyl (C=O) groups excluding carboxylic acids is 3. The van der Waals surface area contributed by atoms with Gasteiger partial charge in [0.15, 0.2) is 5.60 Å². The second-order valence-electron chi connectivity index (χ2n) is 11.5. The van der Waals surface area contributed by atoms with Gasteiger partial charge in [0.2, 0.25) is 5.78 Å². The first-order chi connectivity index (χ1) is 20.2. The van der Waals surface area contributed by atoms with Crippen LogP contribution in [0.3, 0.4) is 0 Å². The molecule has 0 saturated carbocycles. The fourth-order valence-corrected chi connectivity index (χ4v) is 6.11. The molecule has 1 unspecified atom stereocenters. The topological polar surface area (TPSA) is 132 Å². The van der Waals surface area contributed by atoms with Gasteiger partial charge in [-0.15, -0.1) is 0 Å². The largest absolute Gasteiger partial charge is 0.507 e. The molecule has 1 atom stereocenters. The number of fused-ring (bicyclic) bond motifs is 1. The molecular weight excluding hydrogens is 548 g/mol. The molecule has 0 aromatic heterocycles. The molecule has 10 nitrogen and oxygen atoms in total. The molecular formula is C33H38N4O6. The van der Waals surface area contributed by atoms with Crippen LogP contribution >= 0.6 is 0 Å². The maximum absolute atomic E-state index is 14.0. The maximum atomic E-state index is 14.0. The first-order valence-electron chi connectivity index (χ1n) is 14.5. The van der Waals surface area contributed by atoms with E-state index >= 15 is 0 Å². The lowest BCUT2D eigenvalue weighted by atomic mass is 9.79. The Hall–Kier alpha value is -4.60. The summed E-state index contributed by atoms with van der Waals surface area (Å²) in [5, 5.41) is 29.9. The van der Waals surface area contributed by atoms with Crippen molar-refractivity contribution in [3.63, 3.8) is 0 Å². The first-order valence-corrected chi connectivity index (χ1v) is 14.5. The minimum atomic E-state index is -1.24. The van der Waals surface area contributed by atoms with Crippen LogP contribution in [0.15, 0.2) is 40.2 Å². The monoisotopic (exact) mass is 586 g/mol. The molecule has 0 spiro atoms. The number of aliphatic hydroxyl groups is 1. The van der Waals surface area contributed by atoms with Crippen molar-refractivity contribution in [1.29, 1.82) is 0 Å². The van der Waals surface area contributed by atoms with E-state index in [1.54, 1.807) is 26.0 Å². The van der Waals surface area contributed by atoms with Crippen LogP contribution in [-0.4, -0.2) is 64.3 Å². The summed E-state index contributed by atoms with van der Waals surface area (Å²) in [6.07, 6.45) is 0.911. The molecule has 10 heteroatoms. The van der Waals surface area contributed by atoms with Crippen LogP contribution in [0.5, 0.6) is 11.5 Å². The summed E-state index contributed by atoms with van der Waals surface area (Å²) in [5.74, 6) is -0.825. The minimum absolute atomic E-state index is 0.0247. The molecule has 0 saturated heterocycles. The molecule has 226 valence electrons. The van der Waals surface area contributed by atoms with Crippen molar-refractivity contribution in [3.8, 4) is 11.5 Å². The third-order valence-corrected chi connectivity index (χ3v) is 9.00. The molecule has 2 aromatic carbocycles. The van der Waals surface area contributed by atoms with E-state index in [0.29, 0.717) is 41.1 Å². The molecule has 43 heavy (non-hydrogen) atoms. The van der Waals surface area contributed by atoms with Crippen molar-refractivity contribution in [2.24, 2.45) is 5.10 Å². The average Bonchev–Trinajstić information content (AvgIpc) is 3.22. The number of hydrogen-bond donors (Lipinski definition) is 3. The van der Waals surface area contributed by atoms with Crippen molar-refractivity contribution in [2.45, 2.75) is 66.9 Å². The quantitative estimate of drug-likeness (QED) is 0.411. The Kier molecular flexibility index (Phi) is 7.36. The number of hydrazone groups is 1. The second-order valence-corrected chi connectivity index (χ2v) is 11.5. The average molecular weight is 587 g/mol. The van der Waals surface area contributed by atoms with E-state index in [1.807, 2.05) is 40.7 Å². The highest BCUT2D eigenvalue weighted by Crippen LogP contribution is 2.45. The number of hydrogen-bond acceptors (Lipinski definition) is 8. The summed E-state index contributed by atoms with van der Waals surface area (Å²) in [5.41, 5.74) is 3.79. The lowest BCUT2D eigenvalue weighted by Crippen LogP contribution is -2.48. The van der Waals surface area contributed by atoms with Gasteiger partial charge in [0, 0.05) is 43.4 Å². The number of benzene rings is 2. The molecule has 3 aliphatic rings. The van der Waals surface area contributed by atoms with Gasteiger partial charge in [-0.3, -0.25) is 14.4 Å². The number of Topliss-reactive ketones (excluding diaryl/α,β-unsaturated/α-hetero) is 1. The Morgan fingerprint density at radius 3 is 2.30 bits per heavy atom. The molecule has 1 aliphatic carbocycles. The van der Waals surface area contributed by atoms with Gasteiger partial charge < -0.3 is 25.2 Å². The Bertz CT molecular complexity index is 1700. The molecule has 0 radical (unpaired) electrons. The van der Waals surface area contributed by atoms with Crippen molar-refractivity contribution in [3.05, 3.63) is 62.9 Å². The third kappa shape index (κ3) is 4.56. The van der Waals surface area contributed by atoms with E-state index in [0.717, 1.165) is 40.5 Å². The van der Waals surface area contributed by atoms with Crippen molar-refractivity contribution >= 4 is 40.3 Å². The van der Waals surface area contributed by atoms with E-state index in [9.17, 15) is 24.6 Å².